The zero-order valence-corrected chi connectivity index (χ0v) is 18.5. The summed E-state index contributed by atoms with van der Waals surface area (Å²) in [6, 6.07) is 28.2. The van der Waals surface area contributed by atoms with Crippen molar-refractivity contribution >= 4 is 34.2 Å². The van der Waals surface area contributed by atoms with Crippen molar-refractivity contribution in [2.45, 2.75) is 6.92 Å². The van der Waals surface area contributed by atoms with Gasteiger partial charge in [0.2, 0.25) is 0 Å². The van der Waals surface area contributed by atoms with E-state index in [1.165, 1.54) is 6.07 Å². The molecule has 5 heteroatoms. The first-order chi connectivity index (χ1) is 14.5. The third kappa shape index (κ3) is 4.07. The van der Waals surface area contributed by atoms with Crippen LogP contribution < -0.4 is 10.7 Å². The molecule has 0 bridgehead atoms. The Morgan fingerprint density at radius 2 is 1.53 bits per heavy atom. The van der Waals surface area contributed by atoms with Crippen molar-refractivity contribution in [1.82, 2.24) is 4.57 Å². The van der Waals surface area contributed by atoms with Crippen molar-refractivity contribution < 1.29 is 4.79 Å². The first kappa shape index (κ1) is 20.1. The van der Waals surface area contributed by atoms with Gasteiger partial charge in [0.15, 0.2) is 5.43 Å². The lowest BCUT2D eigenvalue weighted by Crippen LogP contribution is -2.26. The first-order valence-electron chi connectivity index (χ1n) is 9.49. The summed E-state index contributed by atoms with van der Waals surface area (Å²) < 4.78 is 3.04. The molecule has 1 N–H and O–H groups in total. The Balaban J connectivity index is 1.99. The van der Waals surface area contributed by atoms with Crippen LogP contribution in [-0.4, -0.2) is 10.5 Å². The fourth-order valence-corrected chi connectivity index (χ4v) is 4.01. The van der Waals surface area contributed by atoms with E-state index in [9.17, 15) is 9.59 Å². The van der Waals surface area contributed by atoms with E-state index in [1.54, 1.807) is 12.1 Å². The van der Waals surface area contributed by atoms with Gasteiger partial charge in [-0.05, 0) is 65.4 Å². The number of benzene rings is 3. The summed E-state index contributed by atoms with van der Waals surface area (Å²) in [5.74, 6) is -0.426. The van der Waals surface area contributed by atoms with Gasteiger partial charge in [0.05, 0.1) is 5.69 Å². The fraction of sp³-hybridized carbons (Fsp3) is 0.0400. The van der Waals surface area contributed by atoms with E-state index >= 15 is 0 Å². The minimum Gasteiger partial charge on any atom is -0.322 e. The summed E-state index contributed by atoms with van der Waals surface area (Å²) >= 11 is 2.26. The van der Waals surface area contributed by atoms with Crippen LogP contribution in [0.15, 0.2) is 95.8 Å². The van der Waals surface area contributed by atoms with E-state index in [0.29, 0.717) is 11.4 Å². The van der Waals surface area contributed by atoms with Gasteiger partial charge in [-0.25, -0.2) is 0 Å². The summed E-state index contributed by atoms with van der Waals surface area (Å²) in [7, 11) is 0. The van der Waals surface area contributed by atoms with Crippen molar-refractivity contribution in [3.8, 4) is 16.9 Å². The maximum Gasteiger partial charge on any atom is 0.261 e. The molecular weight excluding hydrogens is 487 g/mol. The van der Waals surface area contributed by atoms with Crippen molar-refractivity contribution in [1.29, 1.82) is 0 Å². The summed E-state index contributed by atoms with van der Waals surface area (Å²) in [4.78, 5) is 26.3. The Morgan fingerprint density at radius 1 is 0.867 bits per heavy atom. The maximum atomic E-state index is 13.3. The van der Waals surface area contributed by atoms with Gasteiger partial charge in [-0.2, -0.15) is 0 Å². The molecule has 0 atom stereocenters. The van der Waals surface area contributed by atoms with E-state index in [1.807, 2.05) is 84.3 Å². The van der Waals surface area contributed by atoms with Crippen LogP contribution in [0.1, 0.15) is 16.1 Å². The fourth-order valence-electron chi connectivity index (χ4n) is 3.48. The molecule has 0 aliphatic heterocycles. The average molecular weight is 506 g/mol. The standard InChI is InChI=1S/C25H19IN2O2/c1-17-15-22(29)23(25(30)27-20-12-6-3-7-13-20)24(18-9-4-2-5-10-18)28(17)21-14-8-11-19(26)16-21/h2-16H,1H3,(H,27,30). The van der Waals surface area contributed by atoms with E-state index < -0.39 is 5.91 Å². The predicted octanol–water partition coefficient (Wildman–Crippen LogP) is 5.67. The molecule has 0 fully saturated rings. The van der Waals surface area contributed by atoms with Crippen LogP contribution in [0, 0.1) is 10.5 Å². The van der Waals surface area contributed by atoms with Crippen molar-refractivity contribution in [2.75, 3.05) is 5.32 Å². The van der Waals surface area contributed by atoms with Crippen molar-refractivity contribution in [3.05, 3.63) is 116 Å². The smallest absolute Gasteiger partial charge is 0.261 e. The monoisotopic (exact) mass is 506 g/mol. The normalized spacial score (nSPS) is 10.6. The SMILES string of the molecule is Cc1cc(=O)c(C(=O)Nc2ccccc2)c(-c2ccccc2)n1-c1cccc(I)c1. The number of nitrogens with one attached hydrogen (secondary N) is 1. The number of para-hydroxylation sites is 1. The Labute approximate surface area is 188 Å². The van der Waals surface area contributed by atoms with Crippen LogP contribution in [0.25, 0.3) is 16.9 Å². The summed E-state index contributed by atoms with van der Waals surface area (Å²) in [6.45, 7) is 1.88. The average Bonchev–Trinajstić information content (AvgIpc) is 2.74. The molecule has 1 aromatic heterocycles. The predicted molar refractivity (Wildman–Crippen MR) is 129 cm³/mol. The van der Waals surface area contributed by atoms with Gasteiger partial charge in [-0.15, -0.1) is 0 Å². The Hall–Kier alpha value is -3.19. The molecule has 4 rings (SSSR count). The summed E-state index contributed by atoms with van der Waals surface area (Å²) in [6.07, 6.45) is 0. The number of carbonyl (C=O) groups is 1. The van der Waals surface area contributed by atoms with Crippen LogP contribution >= 0.6 is 22.6 Å². The highest BCUT2D eigenvalue weighted by Gasteiger charge is 2.22. The molecule has 4 aromatic rings. The second kappa shape index (κ2) is 8.67. The zero-order chi connectivity index (χ0) is 21.1. The minimum absolute atomic E-state index is 0.120. The van der Waals surface area contributed by atoms with E-state index in [2.05, 4.69) is 27.9 Å². The minimum atomic E-state index is -0.426. The van der Waals surface area contributed by atoms with Gasteiger partial charge < -0.3 is 9.88 Å². The molecule has 3 aromatic carbocycles. The van der Waals surface area contributed by atoms with Crippen molar-refractivity contribution in [2.24, 2.45) is 0 Å². The molecule has 0 unspecified atom stereocenters. The second-order valence-electron chi connectivity index (χ2n) is 6.88. The largest absolute Gasteiger partial charge is 0.322 e. The van der Waals surface area contributed by atoms with Crippen LogP contribution in [0.3, 0.4) is 0 Å². The number of anilines is 1. The van der Waals surface area contributed by atoms with Gasteiger partial charge in [0.25, 0.3) is 5.91 Å². The van der Waals surface area contributed by atoms with Gasteiger partial charge in [-0.1, -0.05) is 54.6 Å². The number of aromatic nitrogens is 1. The third-order valence-corrected chi connectivity index (χ3v) is 5.44. The molecule has 0 saturated heterocycles. The molecule has 0 radical (unpaired) electrons. The number of pyridine rings is 1. The molecular formula is C25H19IN2O2. The number of rotatable bonds is 4. The molecule has 0 aliphatic carbocycles. The highest BCUT2D eigenvalue weighted by Crippen LogP contribution is 2.28. The van der Waals surface area contributed by atoms with E-state index in [4.69, 9.17) is 0 Å². The lowest BCUT2D eigenvalue weighted by Gasteiger charge is -2.20. The van der Waals surface area contributed by atoms with Crippen LogP contribution in [0.2, 0.25) is 0 Å². The third-order valence-electron chi connectivity index (χ3n) is 4.77. The first-order valence-corrected chi connectivity index (χ1v) is 10.6. The number of hydrogen-bond donors (Lipinski definition) is 1. The van der Waals surface area contributed by atoms with E-state index in [0.717, 1.165) is 20.5 Å². The van der Waals surface area contributed by atoms with Crippen LogP contribution in [0.4, 0.5) is 5.69 Å². The van der Waals surface area contributed by atoms with Gasteiger partial charge in [0.1, 0.15) is 5.56 Å². The Bertz CT molecular complexity index is 1270. The highest BCUT2D eigenvalue weighted by atomic mass is 127. The number of aryl methyl sites for hydroxylation is 1. The summed E-state index contributed by atoms with van der Waals surface area (Å²) in [5.41, 5.74) is 3.49. The van der Waals surface area contributed by atoms with Crippen LogP contribution in [-0.2, 0) is 0 Å². The molecule has 0 spiro atoms. The Morgan fingerprint density at radius 3 is 2.20 bits per heavy atom. The van der Waals surface area contributed by atoms with Gasteiger partial charge >= 0.3 is 0 Å². The number of halogens is 1. The second-order valence-corrected chi connectivity index (χ2v) is 8.12. The van der Waals surface area contributed by atoms with Gasteiger partial charge in [0, 0.05) is 26.7 Å². The van der Waals surface area contributed by atoms with E-state index in [-0.39, 0.29) is 11.0 Å². The quantitative estimate of drug-likeness (QED) is 0.363. The zero-order valence-electron chi connectivity index (χ0n) is 16.3. The molecule has 4 nitrogen and oxygen atoms in total. The molecule has 30 heavy (non-hydrogen) atoms. The molecule has 0 aliphatic rings. The highest BCUT2D eigenvalue weighted by molar-refractivity contribution is 14.1. The van der Waals surface area contributed by atoms with Gasteiger partial charge in [-0.3, -0.25) is 9.59 Å². The number of amides is 1. The summed E-state index contributed by atoms with van der Waals surface area (Å²) in [5, 5.41) is 2.86. The number of carbonyl (C=O) groups excluding carboxylic acids is 1. The lowest BCUT2D eigenvalue weighted by atomic mass is 10.0. The number of nitrogens with zero attached hydrogens (tertiary/aromatic N) is 1. The number of hydrogen-bond acceptors (Lipinski definition) is 2. The molecule has 148 valence electrons. The lowest BCUT2D eigenvalue weighted by molar-refractivity contribution is 0.102. The topological polar surface area (TPSA) is 51.1 Å². The van der Waals surface area contributed by atoms with Crippen LogP contribution in [0.5, 0.6) is 0 Å². The molecule has 1 amide bonds. The molecule has 1 heterocycles. The maximum absolute atomic E-state index is 13.3. The van der Waals surface area contributed by atoms with Crippen molar-refractivity contribution in [3.63, 3.8) is 0 Å². The Kier molecular flexibility index (Phi) is 5.81. The molecule has 0 saturated carbocycles.